The van der Waals surface area contributed by atoms with Crippen LogP contribution in [-0.4, -0.2) is 55.5 Å². The van der Waals surface area contributed by atoms with Gasteiger partial charge in [-0.25, -0.2) is 4.79 Å². The molecule has 0 aliphatic carbocycles. The maximum atomic E-state index is 12.8. The van der Waals surface area contributed by atoms with Gasteiger partial charge in [0, 0.05) is 30.9 Å². The lowest BCUT2D eigenvalue weighted by atomic mass is 10.1. The van der Waals surface area contributed by atoms with E-state index >= 15 is 0 Å². The fourth-order valence-electron chi connectivity index (χ4n) is 3.79. The molecule has 0 spiro atoms. The Morgan fingerprint density at radius 2 is 1.93 bits per heavy atom. The number of rotatable bonds is 8. The van der Waals surface area contributed by atoms with Gasteiger partial charge < -0.3 is 20.4 Å². The number of amides is 3. The van der Waals surface area contributed by atoms with Gasteiger partial charge in [0.05, 0.1) is 12.1 Å². The van der Waals surface area contributed by atoms with E-state index in [1.165, 1.54) is 4.88 Å². The predicted octanol–water partition coefficient (Wildman–Crippen LogP) is 3.79. The molecule has 1 aromatic carbocycles. The Balaban J connectivity index is 1.65. The summed E-state index contributed by atoms with van der Waals surface area (Å²) >= 11 is 1.69. The SMILES string of the molecule is CN(C)C(CNC(=O)NC(CN1CCCCCC1=O)c1ccccc1)c1cccs1. The Morgan fingerprint density at radius 3 is 2.63 bits per heavy atom. The smallest absolute Gasteiger partial charge is 0.315 e. The molecule has 1 aromatic heterocycles. The van der Waals surface area contributed by atoms with Gasteiger partial charge in [0.1, 0.15) is 0 Å². The molecule has 0 radical (unpaired) electrons. The Labute approximate surface area is 183 Å². The molecule has 2 unspecified atom stereocenters. The summed E-state index contributed by atoms with van der Waals surface area (Å²) in [7, 11) is 4.03. The number of urea groups is 1. The fraction of sp³-hybridized carbons (Fsp3) is 0.478. The van der Waals surface area contributed by atoms with E-state index in [0.717, 1.165) is 31.4 Å². The van der Waals surface area contributed by atoms with Gasteiger partial charge >= 0.3 is 6.03 Å². The van der Waals surface area contributed by atoms with Crippen LogP contribution in [0.15, 0.2) is 47.8 Å². The van der Waals surface area contributed by atoms with Crippen LogP contribution < -0.4 is 10.6 Å². The minimum atomic E-state index is -0.243. The summed E-state index contributed by atoms with van der Waals surface area (Å²) in [6.45, 7) is 1.77. The van der Waals surface area contributed by atoms with Gasteiger partial charge in [0.2, 0.25) is 5.91 Å². The largest absolute Gasteiger partial charge is 0.340 e. The van der Waals surface area contributed by atoms with E-state index in [4.69, 9.17) is 0 Å². The van der Waals surface area contributed by atoms with Crippen molar-refractivity contribution in [3.63, 3.8) is 0 Å². The highest BCUT2D eigenvalue weighted by molar-refractivity contribution is 7.10. The minimum Gasteiger partial charge on any atom is -0.340 e. The van der Waals surface area contributed by atoms with Gasteiger partial charge in [-0.05, 0) is 43.9 Å². The molecule has 3 rings (SSSR count). The van der Waals surface area contributed by atoms with Gasteiger partial charge in [-0.3, -0.25) is 4.79 Å². The summed E-state index contributed by atoms with van der Waals surface area (Å²) in [5.74, 6) is 0.181. The van der Waals surface area contributed by atoms with Crippen LogP contribution in [-0.2, 0) is 4.79 Å². The Morgan fingerprint density at radius 1 is 1.13 bits per heavy atom. The average Bonchev–Trinajstić information content (AvgIpc) is 3.18. The highest BCUT2D eigenvalue weighted by Gasteiger charge is 2.24. The van der Waals surface area contributed by atoms with Crippen LogP contribution in [0.25, 0.3) is 0 Å². The van der Waals surface area contributed by atoms with Crippen LogP contribution in [0.1, 0.15) is 48.2 Å². The van der Waals surface area contributed by atoms with Crippen molar-refractivity contribution in [1.82, 2.24) is 20.4 Å². The summed E-state index contributed by atoms with van der Waals surface area (Å²) in [6.07, 6.45) is 3.65. The lowest BCUT2D eigenvalue weighted by molar-refractivity contribution is -0.131. The number of likely N-dealkylation sites (N-methyl/N-ethyl adjacent to an activating group) is 1. The monoisotopic (exact) mass is 428 g/mol. The second-order valence-electron chi connectivity index (χ2n) is 7.96. The van der Waals surface area contributed by atoms with Gasteiger partial charge in [-0.1, -0.05) is 42.8 Å². The van der Waals surface area contributed by atoms with E-state index < -0.39 is 0 Å². The van der Waals surface area contributed by atoms with Crippen molar-refractivity contribution in [3.8, 4) is 0 Å². The number of benzene rings is 1. The van der Waals surface area contributed by atoms with E-state index in [-0.39, 0.29) is 24.0 Å². The van der Waals surface area contributed by atoms with Crippen LogP contribution in [0.4, 0.5) is 4.79 Å². The van der Waals surface area contributed by atoms with Gasteiger partial charge in [-0.15, -0.1) is 11.3 Å². The summed E-state index contributed by atoms with van der Waals surface area (Å²) < 4.78 is 0. The van der Waals surface area contributed by atoms with Crippen molar-refractivity contribution < 1.29 is 9.59 Å². The van der Waals surface area contributed by atoms with Crippen molar-refractivity contribution in [1.29, 1.82) is 0 Å². The third-order valence-electron chi connectivity index (χ3n) is 5.53. The molecule has 2 N–H and O–H groups in total. The van der Waals surface area contributed by atoms with Gasteiger partial charge in [-0.2, -0.15) is 0 Å². The first-order valence-electron chi connectivity index (χ1n) is 10.6. The number of likely N-dealkylation sites (tertiary alicyclic amines) is 1. The molecule has 2 atom stereocenters. The van der Waals surface area contributed by atoms with Crippen molar-refractivity contribution >= 4 is 23.3 Å². The molecule has 3 amide bonds. The van der Waals surface area contributed by atoms with E-state index in [0.29, 0.717) is 19.5 Å². The summed E-state index contributed by atoms with van der Waals surface area (Å²) in [4.78, 5) is 30.5. The molecule has 7 heteroatoms. The number of thiophene rings is 1. The first-order valence-corrected chi connectivity index (χ1v) is 11.5. The zero-order valence-electron chi connectivity index (χ0n) is 17.8. The van der Waals surface area contributed by atoms with E-state index in [1.54, 1.807) is 11.3 Å². The summed E-state index contributed by atoms with van der Waals surface area (Å²) in [5.41, 5.74) is 1.01. The van der Waals surface area contributed by atoms with E-state index in [2.05, 4.69) is 27.0 Å². The molecule has 6 nitrogen and oxygen atoms in total. The number of nitrogens with one attached hydrogen (secondary N) is 2. The van der Waals surface area contributed by atoms with Crippen LogP contribution in [0.5, 0.6) is 0 Å². The lowest BCUT2D eigenvalue weighted by Crippen LogP contribution is -2.45. The normalized spacial score (nSPS) is 16.8. The van der Waals surface area contributed by atoms with Crippen molar-refractivity contribution in [2.75, 3.05) is 33.7 Å². The number of carbonyl (C=O) groups is 2. The Bertz CT molecular complexity index is 795. The first kappa shape index (κ1) is 22.3. The molecule has 1 fully saturated rings. The molecule has 1 aliphatic rings. The number of hydrogen-bond acceptors (Lipinski definition) is 4. The van der Waals surface area contributed by atoms with Gasteiger partial charge in [0.15, 0.2) is 0 Å². The van der Waals surface area contributed by atoms with Crippen LogP contribution in [0.3, 0.4) is 0 Å². The molecule has 2 heterocycles. The second-order valence-corrected chi connectivity index (χ2v) is 8.94. The Hall–Kier alpha value is -2.38. The third-order valence-corrected chi connectivity index (χ3v) is 6.51. The lowest BCUT2D eigenvalue weighted by Gasteiger charge is -2.28. The van der Waals surface area contributed by atoms with Crippen molar-refractivity contribution in [3.05, 3.63) is 58.3 Å². The van der Waals surface area contributed by atoms with Crippen molar-refractivity contribution in [2.45, 2.75) is 37.8 Å². The van der Waals surface area contributed by atoms with Crippen molar-refractivity contribution in [2.24, 2.45) is 0 Å². The minimum absolute atomic E-state index is 0.123. The molecule has 2 aromatic rings. The number of hydrogen-bond donors (Lipinski definition) is 2. The highest BCUT2D eigenvalue weighted by Crippen LogP contribution is 2.22. The maximum absolute atomic E-state index is 12.8. The van der Waals surface area contributed by atoms with Crippen LogP contribution >= 0.6 is 11.3 Å². The fourth-order valence-corrected chi connectivity index (χ4v) is 4.71. The summed E-state index contributed by atoms with van der Waals surface area (Å²) in [6, 6.07) is 13.7. The molecule has 30 heavy (non-hydrogen) atoms. The molecular formula is C23H32N4O2S. The predicted molar refractivity (Wildman–Crippen MR) is 122 cm³/mol. The molecular weight excluding hydrogens is 396 g/mol. The third kappa shape index (κ3) is 6.31. The molecule has 1 aliphatic heterocycles. The highest BCUT2D eigenvalue weighted by atomic mass is 32.1. The molecule has 1 saturated heterocycles. The molecule has 0 bridgehead atoms. The number of carbonyl (C=O) groups excluding carboxylic acids is 2. The van der Waals surface area contributed by atoms with E-state index in [1.807, 2.05) is 55.4 Å². The van der Waals surface area contributed by atoms with Gasteiger partial charge in [0.25, 0.3) is 0 Å². The molecule has 0 saturated carbocycles. The summed E-state index contributed by atoms with van der Waals surface area (Å²) in [5, 5.41) is 8.18. The average molecular weight is 429 g/mol. The van der Waals surface area contributed by atoms with Crippen LogP contribution in [0, 0.1) is 0 Å². The standard InChI is InChI=1S/C23H32N4O2S/c1-26(2)20(21-12-9-15-30-21)16-24-23(29)25-19(18-10-5-3-6-11-18)17-27-14-8-4-7-13-22(27)28/h3,5-6,9-12,15,19-20H,4,7-8,13-14,16-17H2,1-2H3,(H2,24,25,29). The number of nitrogens with zero attached hydrogens (tertiary/aromatic N) is 2. The zero-order valence-corrected chi connectivity index (χ0v) is 18.7. The van der Waals surface area contributed by atoms with E-state index in [9.17, 15) is 9.59 Å². The van der Waals surface area contributed by atoms with Crippen LogP contribution in [0.2, 0.25) is 0 Å². The first-order chi connectivity index (χ1) is 14.5. The zero-order chi connectivity index (χ0) is 21.3. The quantitative estimate of drug-likeness (QED) is 0.672. The second kappa shape index (κ2) is 11.1. The maximum Gasteiger partial charge on any atom is 0.315 e. The Kier molecular flexibility index (Phi) is 8.28. The topological polar surface area (TPSA) is 64.7 Å². The molecule has 162 valence electrons.